The molecule has 0 radical (unpaired) electrons. The maximum atomic E-state index is 12.2. The molecule has 1 unspecified atom stereocenters. The van der Waals surface area contributed by atoms with Crippen LogP contribution in [-0.2, 0) is 12.0 Å². The summed E-state index contributed by atoms with van der Waals surface area (Å²) < 4.78 is 1.62. The predicted octanol–water partition coefficient (Wildman–Crippen LogP) is 5.70. The van der Waals surface area contributed by atoms with Crippen molar-refractivity contribution in [3.63, 3.8) is 0 Å². The van der Waals surface area contributed by atoms with Crippen LogP contribution in [0.3, 0.4) is 0 Å². The second-order valence-electron chi connectivity index (χ2n) is 10.4. The van der Waals surface area contributed by atoms with E-state index < -0.39 is 6.03 Å². The van der Waals surface area contributed by atoms with Gasteiger partial charge in [-0.25, -0.2) is 4.79 Å². The van der Waals surface area contributed by atoms with Gasteiger partial charge >= 0.3 is 6.03 Å². The van der Waals surface area contributed by atoms with E-state index in [-0.39, 0.29) is 0 Å². The van der Waals surface area contributed by atoms with E-state index in [0.717, 1.165) is 48.0 Å². The average Bonchev–Trinajstić information content (AvgIpc) is 3.37. The molecule has 1 saturated heterocycles. The fourth-order valence-corrected chi connectivity index (χ4v) is 6.62. The lowest BCUT2D eigenvalue weighted by atomic mass is 9.73. The van der Waals surface area contributed by atoms with Crippen LogP contribution in [0.15, 0.2) is 66.7 Å². The van der Waals surface area contributed by atoms with E-state index in [1.165, 1.54) is 36.8 Å². The van der Waals surface area contributed by atoms with Gasteiger partial charge in [-0.05, 0) is 85.6 Å². The first-order valence-corrected chi connectivity index (χ1v) is 13.0. The number of hydrogen-bond acceptors (Lipinski definition) is 3. The molecule has 1 aliphatic heterocycles. The van der Waals surface area contributed by atoms with Crippen molar-refractivity contribution in [2.45, 2.75) is 50.6 Å². The van der Waals surface area contributed by atoms with E-state index in [0.29, 0.717) is 11.5 Å². The van der Waals surface area contributed by atoms with Crippen LogP contribution in [0.5, 0.6) is 0 Å². The number of para-hydroxylation sites is 1. The van der Waals surface area contributed by atoms with Crippen LogP contribution in [0.25, 0.3) is 21.8 Å². The molecule has 0 bridgehead atoms. The van der Waals surface area contributed by atoms with Gasteiger partial charge in [0, 0.05) is 23.4 Å². The first kappa shape index (κ1) is 22.3. The lowest BCUT2D eigenvalue weighted by molar-refractivity contribution is 0.146. The molecule has 180 valence electrons. The van der Waals surface area contributed by atoms with Crippen molar-refractivity contribution in [2.75, 3.05) is 19.6 Å². The number of benzene rings is 3. The van der Waals surface area contributed by atoms with Crippen molar-refractivity contribution in [3.8, 4) is 0 Å². The summed E-state index contributed by atoms with van der Waals surface area (Å²) in [6.45, 7) is 6.47. The van der Waals surface area contributed by atoms with E-state index in [1.807, 2.05) is 18.2 Å². The molecule has 2 heterocycles. The van der Waals surface area contributed by atoms with Crippen LogP contribution in [0, 0.1) is 0 Å². The van der Waals surface area contributed by atoms with Crippen LogP contribution in [0.1, 0.15) is 55.3 Å². The Balaban J connectivity index is 1.22. The van der Waals surface area contributed by atoms with Crippen LogP contribution in [0.2, 0.25) is 0 Å². The van der Waals surface area contributed by atoms with Crippen LogP contribution in [-0.4, -0.2) is 35.1 Å². The van der Waals surface area contributed by atoms with Gasteiger partial charge in [0.25, 0.3) is 0 Å². The predicted molar refractivity (Wildman–Crippen MR) is 143 cm³/mol. The largest absolute Gasteiger partial charge is 0.351 e. The molecular formula is C30H34N4O. The van der Waals surface area contributed by atoms with Crippen molar-refractivity contribution < 1.29 is 4.79 Å². The standard InChI is InChI=1S/C30H34N4O/c1-2-15-32-26-19-30(25-9-5-3-8-23(25)26)13-16-33(17-14-30)20-21-11-12-28-24(18-21)22-7-4-6-10-27(22)34(28)29(31)35/h3-12,18,26,32H,2,13-17,19-20H2,1H3,(H2,31,35). The summed E-state index contributed by atoms with van der Waals surface area (Å²) in [5, 5.41) is 5.98. The first-order chi connectivity index (χ1) is 17.1. The molecule has 2 aliphatic rings. The first-order valence-electron chi connectivity index (χ1n) is 13.0. The molecular weight excluding hydrogens is 432 g/mol. The number of rotatable bonds is 5. The van der Waals surface area contributed by atoms with Crippen LogP contribution >= 0.6 is 0 Å². The fraction of sp³-hybridized carbons (Fsp3) is 0.367. The Morgan fingerprint density at radius 3 is 2.54 bits per heavy atom. The van der Waals surface area contributed by atoms with Crippen LogP contribution in [0.4, 0.5) is 4.79 Å². The van der Waals surface area contributed by atoms with E-state index in [2.05, 4.69) is 65.7 Å². The molecule has 1 aliphatic carbocycles. The van der Waals surface area contributed by atoms with Crippen molar-refractivity contribution in [2.24, 2.45) is 5.73 Å². The quantitative estimate of drug-likeness (QED) is 0.397. The smallest absolute Gasteiger partial charge is 0.323 e. The number of carbonyl (C=O) groups excluding carboxylic acids is 1. The summed E-state index contributed by atoms with van der Waals surface area (Å²) in [7, 11) is 0. The fourth-order valence-electron chi connectivity index (χ4n) is 6.62. The van der Waals surface area contributed by atoms with Crippen molar-refractivity contribution in [1.82, 2.24) is 14.8 Å². The van der Waals surface area contributed by atoms with Gasteiger partial charge < -0.3 is 11.1 Å². The molecule has 1 fully saturated rings. The molecule has 5 nitrogen and oxygen atoms in total. The van der Waals surface area contributed by atoms with E-state index in [9.17, 15) is 4.79 Å². The molecule has 5 heteroatoms. The zero-order valence-corrected chi connectivity index (χ0v) is 20.5. The zero-order valence-electron chi connectivity index (χ0n) is 20.5. The molecule has 6 rings (SSSR count). The molecule has 35 heavy (non-hydrogen) atoms. The summed E-state index contributed by atoms with van der Waals surface area (Å²) >= 11 is 0. The highest BCUT2D eigenvalue weighted by molar-refractivity contribution is 6.13. The Bertz CT molecular complexity index is 1400. The highest BCUT2D eigenvalue weighted by Crippen LogP contribution is 2.50. The molecule has 1 aromatic heterocycles. The summed E-state index contributed by atoms with van der Waals surface area (Å²) in [5.41, 5.74) is 12.2. The molecule has 3 N–H and O–H groups in total. The van der Waals surface area contributed by atoms with Crippen LogP contribution < -0.4 is 11.1 Å². The molecule has 3 aromatic carbocycles. The van der Waals surface area contributed by atoms with Gasteiger partial charge in [0.15, 0.2) is 0 Å². The maximum absolute atomic E-state index is 12.2. The summed E-state index contributed by atoms with van der Waals surface area (Å²) in [5.74, 6) is 0. The number of amides is 1. The minimum Gasteiger partial charge on any atom is -0.351 e. The number of nitrogens with zero attached hydrogens (tertiary/aromatic N) is 2. The topological polar surface area (TPSA) is 63.3 Å². The summed E-state index contributed by atoms with van der Waals surface area (Å²) in [6, 6.07) is 23.6. The Kier molecular flexibility index (Phi) is 5.62. The van der Waals surface area contributed by atoms with Gasteiger partial charge in [0.05, 0.1) is 11.0 Å². The van der Waals surface area contributed by atoms with Gasteiger partial charge in [0.1, 0.15) is 0 Å². The normalized spacial score (nSPS) is 19.5. The van der Waals surface area contributed by atoms with E-state index >= 15 is 0 Å². The highest BCUT2D eigenvalue weighted by Gasteiger charge is 2.44. The average molecular weight is 467 g/mol. The number of aromatic nitrogens is 1. The van der Waals surface area contributed by atoms with Gasteiger partial charge in [-0.1, -0.05) is 55.5 Å². The number of likely N-dealkylation sites (tertiary alicyclic amines) is 1. The van der Waals surface area contributed by atoms with E-state index in [4.69, 9.17) is 5.73 Å². The Morgan fingerprint density at radius 2 is 1.74 bits per heavy atom. The van der Waals surface area contributed by atoms with Crippen molar-refractivity contribution in [3.05, 3.63) is 83.4 Å². The number of nitrogens with two attached hydrogens (primary N) is 1. The van der Waals surface area contributed by atoms with Gasteiger partial charge in [-0.15, -0.1) is 0 Å². The lowest BCUT2D eigenvalue weighted by Crippen LogP contribution is -2.41. The molecule has 1 atom stereocenters. The third-order valence-electron chi connectivity index (χ3n) is 8.32. The Hall–Kier alpha value is -3.15. The lowest BCUT2D eigenvalue weighted by Gasteiger charge is -2.40. The maximum Gasteiger partial charge on any atom is 0.323 e. The zero-order chi connectivity index (χ0) is 24.0. The number of piperidine rings is 1. The number of hydrogen-bond donors (Lipinski definition) is 2. The van der Waals surface area contributed by atoms with Crippen molar-refractivity contribution >= 4 is 27.8 Å². The van der Waals surface area contributed by atoms with Gasteiger partial charge in [0.2, 0.25) is 0 Å². The van der Waals surface area contributed by atoms with Crippen molar-refractivity contribution in [1.29, 1.82) is 0 Å². The van der Waals surface area contributed by atoms with Gasteiger partial charge in [-0.3, -0.25) is 9.47 Å². The monoisotopic (exact) mass is 466 g/mol. The minimum atomic E-state index is -0.436. The third-order valence-corrected chi connectivity index (χ3v) is 8.32. The SMILES string of the molecule is CCCNC1CC2(CCN(Cc3ccc4c(c3)c3ccccc3n4C(N)=O)CC2)c2ccccc21. The Labute approximate surface area is 206 Å². The highest BCUT2D eigenvalue weighted by atomic mass is 16.2. The number of fused-ring (bicyclic) bond motifs is 5. The number of primary amides is 1. The summed E-state index contributed by atoms with van der Waals surface area (Å²) in [6.07, 6.45) is 4.80. The van der Waals surface area contributed by atoms with E-state index in [1.54, 1.807) is 10.1 Å². The van der Waals surface area contributed by atoms with Gasteiger partial charge in [-0.2, -0.15) is 0 Å². The second-order valence-corrected chi connectivity index (χ2v) is 10.4. The molecule has 4 aromatic rings. The minimum absolute atomic E-state index is 0.303. The second kappa shape index (κ2) is 8.81. The molecule has 1 spiro atoms. The Morgan fingerprint density at radius 1 is 1.00 bits per heavy atom. The number of carbonyl (C=O) groups is 1. The third kappa shape index (κ3) is 3.74. The number of nitrogens with one attached hydrogen (secondary N) is 1. The summed E-state index contributed by atoms with van der Waals surface area (Å²) in [4.78, 5) is 14.7. The molecule has 0 saturated carbocycles. The molecule has 1 amide bonds.